The number of hydrogen-bond acceptors (Lipinski definition) is 8. The Morgan fingerprint density at radius 2 is 1.94 bits per heavy atom. The number of fused-ring (bicyclic) bond motifs is 1. The number of ether oxygens (including phenoxy) is 2. The van der Waals surface area contributed by atoms with Crippen molar-refractivity contribution in [1.29, 1.82) is 5.41 Å². The maximum Gasteiger partial charge on any atom is 0.350 e. The fourth-order valence-electron chi connectivity index (χ4n) is 3.86. The first-order valence-electron chi connectivity index (χ1n) is 11.2. The van der Waals surface area contributed by atoms with Gasteiger partial charge in [0.15, 0.2) is 17.3 Å². The van der Waals surface area contributed by atoms with Gasteiger partial charge >= 0.3 is 5.69 Å². The minimum Gasteiger partial charge on any atom is -0.490 e. The average Bonchev–Trinajstić information content (AvgIpc) is 3.12. The van der Waals surface area contributed by atoms with Crippen molar-refractivity contribution in [2.24, 2.45) is 5.73 Å². The molecule has 0 amide bonds. The van der Waals surface area contributed by atoms with Crippen LogP contribution in [0.5, 0.6) is 11.5 Å². The Morgan fingerprint density at radius 3 is 2.67 bits per heavy atom. The predicted octanol–water partition coefficient (Wildman–Crippen LogP) is 2.47. The van der Waals surface area contributed by atoms with Crippen LogP contribution in [0.1, 0.15) is 35.0 Å². The van der Waals surface area contributed by atoms with Gasteiger partial charge in [-0.15, -0.1) is 9.78 Å². The highest BCUT2D eigenvalue weighted by atomic mass is 19.1. The summed E-state index contributed by atoms with van der Waals surface area (Å²) in [5, 5.41) is 15.4. The molecule has 1 atom stereocenters. The summed E-state index contributed by atoms with van der Waals surface area (Å²) >= 11 is 0. The number of H-pyrrole nitrogens is 1. The molecule has 0 radical (unpaired) electrons. The number of halogens is 1. The Hall–Kier alpha value is -4.74. The van der Waals surface area contributed by atoms with Crippen molar-refractivity contribution in [1.82, 2.24) is 24.7 Å². The summed E-state index contributed by atoms with van der Waals surface area (Å²) in [4.78, 5) is 23.7. The number of anilines is 1. The van der Waals surface area contributed by atoms with Crippen LogP contribution in [0.15, 0.2) is 59.7 Å². The second-order valence-electron chi connectivity index (χ2n) is 8.04. The molecule has 1 aliphatic heterocycles. The Bertz CT molecular complexity index is 1440. The lowest BCUT2D eigenvalue weighted by Gasteiger charge is -2.21. The number of nitrogens with zero attached hydrogens (tertiary/aromatic N) is 4. The van der Waals surface area contributed by atoms with Crippen LogP contribution < -0.4 is 26.2 Å². The minimum atomic E-state index is -0.762. The zero-order chi connectivity index (χ0) is 25.1. The van der Waals surface area contributed by atoms with Gasteiger partial charge in [-0.1, -0.05) is 0 Å². The van der Waals surface area contributed by atoms with Gasteiger partial charge < -0.3 is 20.5 Å². The summed E-state index contributed by atoms with van der Waals surface area (Å²) in [5.74, 6) is 1.10. The molecule has 2 aromatic heterocycles. The molecule has 0 fully saturated rings. The molecule has 184 valence electrons. The second-order valence-corrected chi connectivity index (χ2v) is 8.04. The van der Waals surface area contributed by atoms with Crippen molar-refractivity contribution >= 4 is 11.5 Å². The van der Waals surface area contributed by atoms with Crippen molar-refractivity contribution in [3.05, 3.63) is 87.9 Å². The summed E-state index contributed by atoms with van der Waals surface area (Å²) in [6.07, 6.45) is 3.69. The van der Waals surface area contributed by atoms with Crippen molar-refractivity contribution in [2.75, 3.05) is 18.5 Å². The zero-order valence-electron chi connectivity index (χ0n) is 19.1. The monoisotopic (exact) mass is 490 g/mol. The molecule has 3 heterocycles. The molecule has 0 saturated heterocycles. The smallest absolute Gasteiger partial charge is 0.350 e. The van der Waals surface area contributed by atoms with Crippen LogP contribution in [0.2, 0.25) is 0 Å². The number of aromatic amines is 1. The van der Waals surface area contributed by atoms with E-state index in [9.17, 15) is 9.18 Å². The fourth-order valence-corrected chi connectivity index (χ4v) is 3.86. The number of nitrogen functional groups attached to an aromatic ring is 1. The van der Waals surface area contributed by atoms with Gasteiger partial charge in [-0.2, -0.15) is 0 Å². The van der Waals surface area contributed by atoms with E-state index >= 15 is 0 Å². The van der Waals surface area contributed by atoms with Crippen LogP contribution in [-0.4, -0.2) is 43.8 Å². The third kappa shape index (κ3) is 4.60. The Morgan fingerprint density at radius 1 is 1.19 bits per heavy atom. The number of alkyl halides is 1. The molecule has 11 nitrogen and oxygen atoms in total. The highest BCUT2D eigenvalue weighted by molar-refractivity contribution is 5.95. The molecule has 36 heavy (non-hydrogen) atoms. The lowest BCUT2D eigenvalue weighted by Crippen LogP contribution is -2.18. The molecule has 0 aliphatic carbocycles. The Kier molecular flexibility index (Phi) is 6.31. The SMILES string of the molecule is N=C(N)c1ccc(NC(c2cc(CF)c3c(c2)OCCCO3)c2nn(-c3ncccn3)c(=O)[nH]2)cc1. The lowest BCUT2D eigenvalue weighted by molar-refractivity contribution is 0.295. The van der Waals surface area contributed by atoms with Crippen LogP contribution in [0.3, 0.4) is 0 Å². The number of amidine groups is 1. The third-order valence-corrected chi connectivity index (χ3v) is 5.58. The van der Waals surface area contributed by atoms with Gasteiger partial charge in [-0.25, -0.2) is 19.2 Å². The number of nitrogens with two attached hydrogens (primary N) is 1. The van der Waals surface area contributed by atoms with E-state index in [0.29, 0.717) is 53.5 Å². The highest BCUT2D eigenvalue weighted by Crippen LogP contribution is 2.38. The van der Waals surface area contributed by atoms with Crippen molar-refractivity contribution in [3.8, 4) is 17.4 Å². The van der Waals surface area contributed by atoms with E-state index in [1.807, 2.05) is 0 Å². The van der Waals surface area contributed by atoms with E-state index < -0.39 is 18.4 Å². The quantitative estimate of drug-likeness (QED) is 0.227. The fraction of sp³-hybridized carbons (Fsp3) is 0.208. The average molecular weight is 490 g/mol. The lowest BCUT2D eigenvalue weighted by atomic mass is 10.0. The summed E-state index contributed by atoms with van der Waals surface area (Å²) in [6, 6.07) is 11.2. The van der Waals surface area contributed by atoms with E-state index in [1.54, 1.807) is 42.5 Å². The molecule has 12 heteroatoms. The molecule has 5 N–H and O–H groups in total. The summed E-state index contributed by atoms with van der Waals surface area (Å²) in [7, 11) is 0. The standard InChI is InChI=1S/C24H23FN8O3/c25-13-16-11-15(12-18-20(16)36-10-2-9-35-18)19(30-17-5-3-14(4-6-17)21(26)27)22-31-24(34)33(32-22)23-28-7-1-8-29-23/h1,3-8,11-12,19,30H,2,9-10,13H2,(H3,26,27)(H,31,32,34). The van der Waals surface area contributed by atoms with Gasteiger partial charge in [0.1, 0.15) is 18.6 Å². The van der Waals surface area contributed by atoms with Crippen LogP contribution in [0.25, 0.3) is 5.95 Å². The maximum atomic E-state index is 14.0. The first-order valence-corrected chi connectivity index (χ1v) is 11.2. The topological polar surface area (TPSA) is 157 Å². The Labute approximate surface area is 204 Å². The summed E-state index contributed by atoms with van der Waals surface area (Å²) in [6.45, 7) is 0.101. The normalized spacial score (nSPS) is 13.6. The molecular formula is C24H23FN8O3. The number of hydrogen-bond donors (Lipinski definition) is 4. The maximum absolute atomic E-state index is 14.0. The minimum absolute atomic E-state index is 0.0560. The number of aromatic nitrogens is 5. The molecule has 5 rings (SSSR count). The number of nitrogens with one attached hydrogen (secondary N) is 3. The van der Waals surface area contributed by atoms with Crippen molar-refractivity contribution < 1.29 is 13.9 Å². The zero-order valence-corrected chi connectivity index (χ0v) is 19.1. The first kappa shape index (κ1) is 23.0. The molecule has 0 saturated carbocycles. The molecule has 4 aromatic rings. The predicted molar refractivity (Wildman–Crippen MR) is 130 cm³/mol. The van der Waals surface area contributed by atoms with Gasteiger partial charge in [0, 0.05) is 35.6 Å². The third-order valence-electron chi connectivity index (χ3n) is 5.58. The largest absolute Gasteiger partial charge is 0.490 e. The Balaban J connectivity index is 1.61. The highest BCUT2D eigenvalue weighted by Gasteiger charge is 2.25. The molecule has 0 spiro atoms. The number of benzene rings is 2. The van der Waals surface area contributed by atoms with Crippen molar-refractivity contribution in [2.45, 2.75) is 19.1 Å². The van der Waals surface area contributed by atoms with E-state index in [-0.39, 0.29) is 17.6 Å². The van der Waals surface area contributed by atoms with E-state index in [4.69, 9.17) is 20.6 Å². The molecule has 0 bridgehead atoms. The first-order chi connectivity index (χ1) is 17.5. The van der Waals surface area contributed by atoms with Gasteiger partial charge in [0.05, 0.1) is 13.2 Å². The van der Waals surface area contributed by atoms with E-state index in [1.165, 1.54) is 12.4 Å². The van der Waals surface area contributed by atoms with Crippen LogP contribution in [0.4, 0.5) is 10.1 Å². The summed E-state index contributed by atoms with van der Waals surface area (Å²) < 4.78 is 26.7. The summed E-state index contributed by atoms with van der Waals surface area (Å²) in [5.41, 5.74) is 7.18. The van der Waals surface area contributed by atoms with Gasteiger partial charge in [-0.05, 0) is 48.0 Å². The van der Waals surface area contributed by atoms with Gasteiger partial charge in [-0.3, -0.25) is 10.4 Å². The molecular weight excluding hydrogens is 467 g/mol. The molecule has 1 aliphatic rings. The van der Waals surface area contributed by atoms with E-state index in [2.05, 4.69) is 25.4 Å². The van der Waals surface area contributed by atoms with Crippen LogP contribution >= 0.6 is 0 Å². The van der Waals surface area contributed by atoms with Gasteiger partial charge in [0.2, 0.25) is 0 Å². The van der Waals surface area contributed by atoms with Crippen LogP contribution in [0, 0.1) is 5.41 Å². The molecule has 1 unspecified atom stereocenters. The second kappa shape index (κ2) is 9.86. The van der Waals surface area contributed by atoms with Crippen LogP contribution in [-0.2, 0) is 6.67 Å². The van der Waals surface area contributed by atoms with Crippen molar-refractivity contribution in [3.63, 3.8) is 0 Å². The number of rotatable bonds is 7. The molecule has 2 aromatic carbocycles. The van der Waals surface area contributed by atoms with E-state index in [0.717, 1.165) is 4.68 Å². The van der Waals surface area contributed by atoms with Gasteiger partial charge in [0.25, 0.3) is 5.95 Å².